The zero-order valence-corrected chi connectivity index (χ0v) is 16.8. The number of nitrogens with zero attached hydrogens (tertiary/aromatic N) is 5. The largest absolute Gasteiger partial charge is 0.491 e. The molecule has 6 rings (SSSR count). The number of pyridine rings is 1. The van der Waals surface area contributed by atoms with Gasteiger partial charge >= 0.3 is 0 Å². The molecule has 0 amide bonds. The van der Waals surface area contributed by atoms with Crippen molar-refractivity contribution in [2.75, 3.05) is 6.61 Å². The highest BCUT2D eigenvalue weighted by Crippen LogP contribution is 2.42. The van der Waals surface area contributed by atoms with Crippen molar-refractivity contribution in [3.05, 3.63) is 64.9 Å². The Hall–Kier alpha value is -2.71. The Morgan fingerprint density at radius 2 is 2.04 bits per heavy atom. The SMILES string of the molecule is Brc1cccc2c3c(ccc12)C1=Nn2c(nnc2-c2cccnc2)SC1CO3. The van der Waals surface area contributed by atoms with Gasteiger partial charge in [-0.1, -0.05) is 45.9 Å². The number of thioether (sulfide) groups is 1. The Morgan fingerprint density at radius 3 is 2.93 bits per heavy atom. The summed E-state index contributed by atoms with van der Waals surface area (Å²) in [5.41, 5.74) is 2.90. The monoisotopic (exact) mass is 449 g/mol. The summed E-state index contributed by atoms with van der Waals surface area (Å²) in [6.45, 7) is 0.553. The van der Waals surface area contributed by atoms with Crippen molar-refractivity contribution in [3.8, 4) is 17.1 Å². The van der Waals surface area contributed by atoms with Crippen molar-refractivity contribution in [2.45, 2.75) is 10.4 Å². The summed E-state index contributed by atoms with van der Waals surface area (Å²) in [6, 6.07) is 14.2. The predicted molar refractivity (Wildman–Crippen MR) is 112 cm³/mol. The predicted octanol–water partition coefficient (Wildman–Crippen LogP) is 4.37. The van der Waals surface area contributed by atoms with E-state index in [1.807, 2.05) is 28.9 Å². The third-order valence-electron chi connectivity index (χ3n) is 4.91. The van der Waals surface area contributed by atoms with Crippen LogP contribution in [0.25, 0.3) is 22.2 Å². The Morgan fingerprint density at radius 1 is 1.07 bits per heavy atom. The molecule has 136 valence electrons. The Bertz CT molecular complexity index is 1270. The molecule has 0 N–H and O–H groups in total. The molecule has 2 aliphatic heterocycles. The number of fused-ring (bicyclic) bond motifs is 6. The molecule has 1 unspecified atom stereocenters. The molecule has 1 atom stereocenters. The van der Waals surface area contributed by atoms with Gasteiger partial charge in [0.15, 0.2) is 5.82 Å². The molecule has 2 aromatic carbocycles. The molecule has 0 saturated heterocycles. The fourth-order valence-electron chi connectivity index (χ4n) is 3.61. The fraction of sp³-hybridized carbons (Fsp3) is 0.100. The zero-order valence-electron chi connectivity index (χ0n) is 14.4. The molecule has 0 bridgehead atoms. The lowest BCUT2D eigenvalue weighted by Gasteiger charge is -2.29. The van der Waals surface area contributed by atoms with Gasteiger partial charge in [-0.05, 0) is 29.7 Å². The topological polar surface area (TPSA) is 65.2 Å². The van der Waals surface area contributed by atoms with Gasteiger partial charge in [-0.3, -0.25) is 4.98 Å². The highest BCUT2D eigenvalue weighted by Gasteiger charge is 2.35. The lowest BCUT2D eigenvalue weighted by atomic mass is 9.98. The van der Waals surface area contributed by atoms with Gasteiger partial charge < -0.3 is 4.74 Å². The summed E-state index contributed by atoms with van der Waals surface area (Å²) >= 11 is 5.26. The van der Waals surface area contributed by atoms with Crippen molar-refractivity contribution >= 4 is 44.2 Å². The van der Waals surface area contributed by atoms with Crippen LogP contribution in [0.3, 0.4) is 0 Å². The van der Waals surface area contributed by atoms with Crippen LogP contribution in [-0.2, 0) is 0 Å². The summed E-state index contributed by atoms with van der Waals surface area (Å²) in [7, 11) is 0. The molecule has 0 saturated carbocycles. The molecular weight excluding hydrogens is 438 g/mol. The fourth-order valence-corrected chi connectivity index (χ4v) is 5.10. The van der Waals surface area contributed by atoms with Crippen LogP contribution in [-0.4, -0.2) is 37.4 Å². The number of hydrogen-bond donors (Lipinski definition) is 0. The molecule has 0 fully saturated rings. The van der Waals surface area contributed by atoms with E-state index < -0.39 is 0 Å². The zero-order chi connectivity index (χ0) is 18.7. The van der Waals surface area contributed by atoms with Crippen LogP contribution < -0.4 is 4.74 Å². The lowest BCUT2D eigenvalue weighted by Crippen LogP contribution is -2.34. The second-order valence-electron chi connectivity index (χ2n) is 6.54. The van der Waals surface area contributed by atoms with Crippen LogP contribution in [0, 0.1) is 0 Å². The minimum Gasteiger partial charge on any atom is -0.491 e. The lowest BCUT2D eigenvalue weighted by molar-refractivity contribution is 0.327. The van der Waals surface area contributed by atoms with Crippen LogP contribution in [0.1, 0.15) is 5.56 Å². The first-order valence-electron chi connectivity index (χ1n) is 8.75. The number of benzene rings is 2. The molecule has 4 aromatic rings. The molecule has 0 spiro atoms. The van der Waals surface area contributed by atoms with Gasteiger partial charge in [-0.15, -0.1) is 10.2 Å². The average molecular weight is 450 g/mol. The van der Waals surface area contributed by atoms with Crippen molar-refractivity contribution in [3.63, 3.8) is 0 Å². The van der Waals surface area contributed by atoms with Crippen LogP contribution in [0.2, 0.25) is 0 Å². The maximum absolute atomic E-state index is 6.18. The summed E-state index contributed by atoms with van der Waals surface area (Å²) in [6.07, 6.45) is 3.52. The first-order valence-corrected chi connectivity index (χ1v) is 10.4. The van der Waals surface area contributed by atoms with Crippen LogP contribution in [0.4, 0.5) is 0 Å². The smallest absolute Gasteiger partial charge is 0.213 e. The van der Waals surface area contributed by atoms with Crippen molar-refractivity contribution in [2.24, 2.45) is 5.10 Å². The van der Waals surface area contributed by atoms with Crippen LogP contribution in [0.5, 0.6) is 5.75 Å². The van der Waals surface area contributed by atoms with Crippen molar-refractivity contribution in [1.29, 1.82) is 0 Å². The van der Waals surface area contributed by atoms with E-state index in [1.165, 1.54) is 0 Å². The molecule has 2 aliphatic rings. The van der Waals surface area contributed by atoms with E-state index in [-0.39, 0.29) is 5.25 Å². The van der Waals surface area contributed by atoms with Gasteiger partial charge in [0.05, 0.1) is 11.0 Å². The maximum Gasteiger partial charge on any atom is 0.213 e. The first kappa shape index (κ1) is 16.3. The molecule has 6 nitrogen and oxygen atoms in total. The normalized spacial score (nSPS) is 17.3. The summed E-state index contributed by atoms with van der Waals surface area (Å²) in [4.78, 5) is 4.19. The van der Waals surface area contributed by atoms with E-state index in [4.69, 9.17) is 9.84 Å². The van der Waals surface area contributed by atoms with Gasteiger partial charge in [0.2, 0.25) is 5.16 Å². The van der Waals surface area contributed by atoms with Crippen LogP contribution in [0.15, 0.2) is 69.6 Å². The molecule has 2 aromatic heterocycles. The first-order chi connectivity index (χ1) is 13.8. The summed E-state index contributed by atoms with van der Waals surface area (Å²) in [5.74, 6) is 1.58. The number of ether oxygens (including phenoxy) is 1. The molecule has 0 aliphatic carbocycles. The Labute approximate surface area is 172 Å². The third-order valence-corrected chi connectivity index (χ3v) is 6.71. The number of hydrogen-bond acceptors (Lipinski definition) is 6. The quantitative estimate of drug-likeness (QED) is 0.431. The van der Waals surface area contributed by atoms with Crippen LogP contribution >= 0.6 is 27.7 Å². The minimum absolute atomic E-state index is 0.0931. The van der Waals surface area contributed by atoms with E-state index in [0.29, 0.717) is 12.4 Å². The van der Waals surface area contributed by atoms with E-state index in [9.17, 15) is 0 Å². The Kier molecular flexibility index (Phi) is 3.57. The van der Waals surface area contributed by atoms with E-state index >= 15 is 0 Å². The highest BCUT2D eigenvalue weighted by molar-refractivity contribution is 9.10. The standard InChI is InChI=1S/C20H12BrN5OS/c21-15-5-1-4-13-12(15)6-7-14-17-16(10-27-18(13)14)28-20-24-23-19(26(20)25-17)11-3-2-8-22-9-11/h1-9,16H,10H2. The number of aromatic nitrogens is 4. The van der Waals surface area contributed by atoms with Gasteiger partial charge in [0.25, 0.3) is 0 Å². The maximum atomic E-state index is 6.18. The molecular formula is C20H12BrN5OS. The van der Waals surface area contributed by atoms with Crippen molar-refractivity contribution in [1.82, 2.24) is 19.9 Å². The third kappa shape index (κ3) is 2.34. The summed E-state index contributed by atoms with van der Waals surface area (Å²) in [5, 5.41) is 16.7. The molecule has 4 heterocycles. The van der Waals surface area contributed by atoms with E-state index in [2.05, 4.69) is 49.3 Å². The van der Waals surface area contributed by atoms with E-state index in [1.54, 1.807) is 24.2 Å². The van der Waals surface area contributed by atoms with Gasteiger partial charge in [0.1, 0.15) is 12.4 Å². The highest BCUT2D eigenvalue weighted by atomic mass is 79.9. The molecule has 8 heteroatoms. The van der Waals surface area contributed by atoms with Gasteiger partial charge in [-0.2, -0.15) is 9.78 Å². The van der Waals surface area contributed by atoms with Gasteiger partial charge in [-0.25, -0.2) is 0 Å². The number of halogens is 1. The second-order valence-corrected chi connectivity index (χ2v) is 8.56. The second kappa shape index (κ2) is 6.15. The minimum atomic E-state index is 0.0931. The molecule has 28 heavy (non-hydrogen) atoms. The average Bonchev–Trinajstić information content (AvgIpc) is 3.15. The van der Waals surface area contributed by atoms with E-state index in [0.717, 1.165) is 43.0 Å². The van der Waals surface area contributed by atoms with Crippen molar-refractivity contribution < 1.29 is 4.74 Å². The summed E-state index contributed by atoms with van der Waals surface area (Å²) < 4.78 is 9.05. The number of rotatable bonds is 1. The van der Waals surface area contributed by atoms with Gasteiger partial charge in [0, 0.05) is 33.4 Å². The Balaban J connectivity index is 1.56. The molecule has 0 radical (unpaired) electrons.